The van der Waals surface area contributed by atoms with Gasteiger partial charge in [0.15, 0.2) is 6.23 Å². The van der Waals surface area contributed by atoms with Gasteiger partial charge in [-0.15, -0.1) is 0 Å². The molecule has 2 unspecified atom stereocenters. The molecule has 0 spiro atoms. The Morgan fingerprint density at radius 1 is 1.27 bits per heavy atom. The first-order chi connectivity index (χ1) is 18.1. The number of hydrogen-bond donors (Lipinski definition) is 0. The molecule has 3 aromatic heterocycles. The maximum Gasteiger partial charge on any atom is 0.307 e. The lowest BCUT2D eigenvalue weighted by Gasteiger charge is -2.21. The summed E-state index contributed by atoms with van der Waals surface area (Å²) in [7, 11) is 3.95. The van der Waals surface area contributed by atoms with E-state index in [9.17, 15) is 10.1 Å². The first-order valence-electron chi connectivity index (χ1n) is 13.3. The van der Waals surface area contributed by atoms with Crippen LogP contribution in [-0.2, 0) is 9.53 Å². The van der Waals surface area contributed by atoms with E-state index < -0.39 is 6.23 Å². The molecule has 0 amide bonds. The maximum absolute atomic E-state index is 12.5. The summed E-state index contributed by atoms with van der Waals surface area (Å²) in [5.74, 6) is 1.57. The van der Waals surface area contributed by atoms with Gasteiger partial charge in [0.1, 0.15) is 12.0 Å². The zero-order chi connectivity index (χ0) is 25.6. The molecule has 0 bridgehead atoms. The molecule has 5 rings (SSSR count). The summed E-state index contributed by atoms with van der Waals surface area (Å²) in [4.78, 5) is 21.5. The highest BCUT2D eigenvalue weighted by molar-refractivity contribution is 8.77. The van der Waals surface area contributed by atoms with Crippen LogP contribution >= 0.6 is 21.6 Å². The van der Waals surface area contributed by atoms with Gasteiger partial charge in [0, 0.05) is 40.8 Å². The van der Waals surface area contributed by atoms with E-state index in [1.807, 2.05) is 62.4 Å². The van der Waals surface area contributed by atoms with Crippen LogP contribution < -0.4 is 0 Å². The number of aromatic nitrogens is 5. The van der Waals surface area contributed by atoms with Gasteiger partial charge < -0.3 is 4.74 Å². The van der Waals surface area contributed by atoms with E-state index in [0.717, 1.165) is 53.2 Å². The van der Waals surface area contributed by atoms with Crippen LogP contribution in [0, 0.1) is 17.2 Å². The summed E-state index contributed by atoms with van der Waals surface area (Å²) >= 11 is 0. The van der Waals surface area contributed by atoms with Gasteiger partial charge >= 0.3 is 5.97 Å². The van der Waals surface area contributed by atoms with Gasteiger partial charge in [0.2, 0.25) is 0 Å². The van der Waals surface area contributed by atoms with E-state index in [4.69, 9.17) is 4.74 Å². The molecule has 37 heavy (non-hydrogen) atoms. The number of fused-ring (bicyclic) bond motifs is 1. The minimum Gasteiger partial charge on any atom is -0.441 e. The van der Waals surface area contributed by atoms with Crippen LogP contribution in [0.4, 0.5) is 0 Å². The van der Waals surface area contributed by atoms with Gasteiger partial charge in [-0.05, 0) is 51.0 Å². The fraction of sp³-hybridized carbons (Fsp3) is 0.593. The first-order valence-corrected chi connectivity index (χ1v) is 15.7. The fourth-order valence-electron chi connectivity index (χ4n) is 5.56. The van der Waals surface area contributed by atoms with Gasteiger partial charge in [0.25, 0.3) is 0 Å². The van der Waals surface area contributed by atoms with Crippen molar-refractivity contribution in [1.82, 2.24) is 24.3 Å². The van der Waals surface area contributed by atoms with E-state index in [1.165, 1.54) is 31.4 Å². The first kappa shape index (κ1) is 26.1. The zero-order valence-electron chi connectivity index (χ0n) is 21.3. The monoisotopic (exact) mass is 538 g/mol. The van der Waals surface area contributed by atoms with Crippen molar-refractivity contribution in [2.75, 3.05) is 5.75 Å². The van der Waals surface area contributed by atoms with Crippen LogP contribution in [0.2, 0.25) is 0 Å². The molecule has 0 aromatic carbocycles. The lowest BCUT2D eigenvalue weighted by molar-refractivity contribution is -0.152. The van der Waals surface area contributed by atoms with Crippen molar-refractivity contribution in [3.05, 3.63) is 31.0 Å². The summed E-state index contributed by atoms with van der Waals surface area (Å²) in [6, 6.07) is 4.41. The predicted molar refractivity (Wildman–Crippen MR) is 148 cm³/mol. The minimum absolute atomic E-state index is 0.0958. The summed E-state index contributed by atoms with van der Waals surface area (Å²) in [5, 5.41) is 15.7. The average Bonchev–Trinajstić information content (AvgIpc) is 3.72. The second-order valence-electron chi connectivity index (χ2n) is 10.0. The Morgan fingerprint density at radius 2 is 2.14 bits per heavy atom. The molecular formula is C27H34N6O2S2. The topological polar surface area (TPSA) is 98.6 Å². The Morgan fingerprint density at radius 3 is 2.92 bits per heavy atom. The minimum atomic E-state index is -0.459. The van der Waals surface area contributed by atoms with Crippen LogP contribution in [-0.4, -0.2) is 41.3 Å². The third-order valence-corrected chi connectivity index (χ3v) is 10.6. The molecule has 4 heterocycles. The molecule has 3 atom stereocenters. The zero-order valence-corrected chi connectivity index (χ0v) is 22.9. The molecule has 2 aliphatic rings. The number of nitriles is 1. The Hall–Kier alpha value is -2.51. The second-order valence-corrected chi connectivity index (χ2v) is 12.8. The van der Waals surface area contributed by atoms with E-state index >= 15 is 0 Å². The van der Waals surface area contributed by atoms with Crippen molar-refractivity contribution in [2.45, 2.75) is 88.7 Å². The molecule has 2 fully saturated rings. The fourth-order valence-corrected chi connectivity index (χ4v) is 8.59. The summed E-state index contributed by atoms with van der Waals surface area (Å²) in [5.41, 5.74) is 2.41. The number of carbonyl (C=O) groups is 1. The lowest BCUT2D eigenvalue weighted by Crippen LogP contribution is -2.17. The molecule has 1 saturated carbocycles. The smallest absolute Gasteiger partial charge is 0.307 e. The average molecular weight is 539 g/mol. The number of rotatable bonds is 11. The summed E-state index contributed by atoms with van der Waals surface area (Å²) in [6.07, 6.45) is 16.9. The largest absolute Gasteiger partial charge is 0.441 e. The highest BCUT2D eigenvalue weighted by Gasteiger charge is 2.27. The Bertz CT molecular complexity index is 1240. The van der Waals surface area contributed by atoms with Crippen molar-refractivity contribution >= 4 is 38.6 Å². The molecule has 0 N–H and O–H groups in total. The molecule has 196 valence electrons. The predicted octanol–water partition coefficient (Wildman–Crippen LogP) is 6.72. The SMILES string of the molecule is CC(OC(=O)CCCC[C@@H]1CCSS1)n1ccc2c(-c3cnn(C(CC#N)C4CCCC4)c3)ncnc21. The molecule has 3 aromatic rings. The Labute approximate surface area is 226 Å². The lowest BCUT2D eigenvalue weighted by atomic mass is 9.96. The number of carbonyl (C=O) groups excluding carboxylic acids is 1. The van der Waals surface area contributed by atoms with Crippen molar-refractivity contribution in [2.24, 2.45) is 5.92 Å². The van der Waals surface area contributed by atoms with Gasteiger partial charge in [-0.2, -0.15) is 10.4 Å². The van der Waals surface area contributed by atoms with Gasteiger partial charge in [0.05, 0.1) is 30.4 Å². The molecule has 1 aliphatic heterocycles. The number of unbranched alkanes of at least 4 members (excludes halogenated alkanes) is 1. The molecule has 10 heteroatoms. The van der Waals surface area contributed by atoms with E-state index in [0.29, 0.717) is 18.8 Å². The van der Waals surface area contributed by atoms with Crippen molar-refractivity contribution in [3.63, 3.8) is 0 Å². The third kappa shape index (κ3) is 6.15. The second kappa shape index (κ2) is 12.4. The van der Waals surface area contributed by atoms with Crippen LogP contribution in [0.5, 0.6) is 0 Å². The van der Waals surface area contributed by atoms with Gasteiger partial charge in [-0.25, -0.2) is 9.97 Å². The normalized spacial score (nSPS) is 19.7. The van der Waals surface area contributed by atoms with Crippen LogP contribution in [0.1, 0.15) is 83.4 Å². The molecule has 0 radical (unpaired) electrons. The van der Waals surface area contributed by atoms with Crippen LogP contribution in [0.25, 0.3) is 22.3 Å². The number of ether oxygens (including phenoxy) is 1. The standard InChI is InChI=1S/C27H34N6O2S2/c1-19(35-25(34)9-5-4-8-22-12-15-36-37-22)32-14-11-23-26(29-18-30-27(23)32)21-16-31-33(17-21)24(10-13-28)20-6-2-3-7-20/h11,14,16-20,22,24H,2-10,12,15H2,1H3/t19?,22-,24?/m1/s1. The third-order valence-electron chi connectivity index (χ3n) is 7.55. The van der Waals surface area contributed by atoms with Gasteiger partial charge in [-0.3, -0.25) is 14.0 Å². The van der Waals surface area contributed by atoms with Crippen molar-refractivity contribution in [3.8, 4) is 17.3 Å². The Kier molecular flexibility index (Phi) is 8.72. The molecule has 1 saturated heterocycles. The van der Waals surface area contributed by atoms with E-state index in [1.54, 1.807) is 6.33 Å². The highest BCUT2D eigenvalue weighted by atomic mass is 33.1. The van der Waals surface area contributed by atoms with Crippen molar-refractivity contribution < 1.29 is 9.53 Å². The van der Waals surface area contributed by atoms with Crippen molar-refractivity contribution in [1.29, 1.82) is 5.26 Å². The van der Waals surface area contributed by atoms with Crippen LogP contribution in [0.3, 0.4) is 0 Å². The summed E-state index contributed by atoms with van der Waals surface area (Å²) < 4.78 is 9.58. The molecule has 8 nitrogen and oxygen atoms in total. The number of esters is 1. The van der Waals surface area contributed by atoms with Crippen LogP contribution in [0.15, 0.2) is 31.0 Å². The van der Waals surface area contributed by atoms with E-state index in [-0.39, 0.29) is 12.0 Å². The summed E-state index contributed by atoms with van der Waals surface area (Å²) in [6.45, 7) is 1.87. The molecular weight excluding hydrogens is 504 g/mol. The molecule has 1 aliphatic carbocycles. The van der Waals surface area contributed by atoms with E-state index in [2.05, 4.69) is 21.1 Å². The number of nitrogens with zero attached hydrogens (tertiary/aromatic N) is 6. The quantitative estimate of drug-likeness (QED) is 0.151. The Balaban J connectivity index is 1.25. The maximum atomic E-state index is 12.5. The highest BCUT2D eigenvalue weighted by Crippen LogP contribution is 2.40. The van der Waals surface area contributed by atoms with Gasteiger partial charge in [-0.1, -0.05) is 40.9 Å². The number of hydrogen-bond acceptors (Lipinski definition) is 8.